The predicted molar refractivity (Wildman–Crippen MR) is 75.8 cm³/mol. The van der Waals surface area contributed by atoms with Gasteiger partial charge in [0.1, 0.15) is 5.69 Å². The highest BCUT2D eigenvalue weighted by Crippen LogP contribution is 2.27. The average Bonchev–Trinajstić information content (AvgIpc) is 2.28. The van der Waals surface area contributed by atoms with Gasteiger partial charge in [-0.3, -0.25) is 14.9 Å². The summed E-state index contributed by atoms with van der Waals surface area (Å²) < 4.78 is 0.781. The van der Waals surface area contributed by atoms with Gasteiger partial charge in [0.05, 0.1) is 4.92 Å². The van der Waals surface area contributed by atoms with E-state index in [0.29, 0.717) is 12.1 Å². The number of aliphatic carboxylic acids is 1. The molecular formula is C11H13IN2O4. The van der Waals surface area contributed by atoms with Crippen LogP contribution in [0.25, 0.3) is 0 Å². The van der Waals surface area contributed by atoms with E-state index in [-0.39, 0.29) is 18.2 Å². The molecule has 1 aromatic carbocycles. The molecule has 0 aliphatic heterocycles. The number of carboxylic acid groups (broad SMARTS) is 1. The first-order valence-electron chi connectivity index (χ1n) is 5.32. The van der Waals surface area contributed by atoms with Crippen LogP contribution in [0.1, 0.15) is 19.8 Å². The summed E-state index contributed by atoms with van der Waals surface area (Å²) in [4.78, 5) is 20.9. The number of anilines is 1. The number of hydrogen-bond donors (Lipinski definition) is 2. The Kier molecular flexibility index (Phi) is 5.32. The lowest BCUT2D eigenvalue weighted by Crippen LogP contribution is -2.17. The summed E-state index contributed by atoms with van der Waals surface area (Å²) in [7, 11) is 0. The molecule has 1 unspecified atom stereocenters. The molecule has 0 aromatic heterocycles. The second-order valence-corrected chi connectivity index (χ2v) is 5.14. The molecule has 0 bridgehead atoms. The summed E-state index contributed by atoms with van der Waals surface area (Å²) in [6.07, 6.45) is 0.449. The molecule has 0 saturated carbocycles. The molecule has 18 heavy (non-hydrogen) atoms. The molecule has 7 heteroatoms. The third-order valence-corrected chi connectivity index (χ3v) is 3.02. The maximum absolute atomic E-state index is 10.9. The van der Waals surface area contributed by atoms with E-state index < -0.39 is 10.9 Å². The van der Waals surface area contributed by atoms with Crippen molar-refractivity contribution in [3.05, 3.63) is 31.9 Å². The summed E-state index contributed by atoms with van der Waals surface area (Å²) in [5, 5.41) is 22.4. The van der Waals surface area contributed by atoms with E-state index in [4.69, 9.17) is 5.11 Å². The zero-order chi connectivity index (χ0) is 13.7. The molecule has 0 saturated heterocycles. The number of nitrogens with one attached hydrogen (secondary N) is 1. The third kappa shape index (κ3) is 4.47. The van der Waals surface area contributed by atoms with Crippen LogP contribution in [0.3, 0.4) is 0 Å². The van der Waals surface area contributed by atoms with Gasteiger partial charge in [-0.05, 0) is 48.1 Å². The van der Waals surface area contributed by atoms with Crippen molar-refractivity contribution < 1.29 is 14.8 Å². The highest BCUT2D eigenvalue weighted by molar-refractivity contribution is 14.1. The SMILES string of the molecule is CC(CCC(=O)O)Nc1ccc(I)cc1[N+](=O)[O-]. The molecule has 98 valence electrons. The monoisotopic (exact) mass is 364 g/mol. The van der Waals surface area contributed by atoms with Crippen LogP contribution in [0.5, 0.6) is 0 Å². The van der Waals surface area contributed by atoms with Crippen molar-refractivity contribution in [2.24, 2.45) is 0 Å². The number of hydrogen-bond acceptors (Lipinski definition) is 4. The van der Waals surface area contributed by atoms with Gasteiger partial charge in [0.2, 0.25) is 0 Å². The molecule has 0 radical (unpaired) electrons. The Labute approximate surface area is 118 Å². The van der Waals surface area contributed by atoms with E-state index in [1.54, 1.807) is 19.1 Å². The van der Waals surface area contributed by atoms with Crippen molar-refractivity contribution in [1.29, 1.82) is 0 Å². The number of halogens is 1. The summed E-state index contributed by atoms with van der Waals surface area (Å²) in [5.74, 6) is -0.874. The van der Waals surface area contributed by atoms with Crippen LogP contribution in [-0.2, 0) is 4.79 Å². The summed E-state index contributed by atoms with van der Waals surface area (Å²) in [6.45, 7) is 1.80. The number of benzene rings is 1. The maximum atomic E-state index is 10.9. The van der Waals surface area contributed by atoms with Crippen LogP contribution >= 0.6 is 22.6 Å². The van der Waals surface area contributed by atoms with Gasteiger partial charge < -0.3 is 10.4 Å². The summed E-state index contributed by atoms with van der Waals surface area (Å²) >= 11 is 2.00. The van der Waals surface area contributed by atoms with E-state index in [9.17, 15) is 14.9 Å². The number of nitro benzene ring substituents is 1. The van der Waals surface area contributed by atoms with Gasteiger partial charge in [0.25, 0.3) is 5.69 Å². The van der Waals surface area contributed by atoms with Crippen molar-refractivity contribution in [2.75, 3.05) is 5.32 Å². The number of rotatable bonds is 6. The van der Waals surface area contributed by atoms with Gasteiger partial charge in [-0.2, -0.15) is 0 Å². The van der Waals surface area contributed by atoms with Gasteiger partial charge in [-0.1, -0.05) is 0 Å². The smallest absolute Gasteiger partial charge is 0.303 e. The lowest BCUT2D eigenvalue weighted by molar-refractivity contribution is -0.384. The molecule has 1 atom stereocenters. The fraction of sp³-hybridized carbons (Fsp3) is 0.364. The van der Waals surface area contributed by atoms with Gasteiger partial charge >= 0.3 is 5.97 Å². The number of nitro groups is 1. The van der Waals surface area contributed by atoms with E-state index in [2.05, 4.69) is 5.32 Å². The van der Waals surface area contributed by atoms with Gasteiger partial charge in [-0.25, -0.2) is 0 Å². The zero-order valence-electron chi connectivity index (χ0n) is 9.72. The number of carbonyl (C=O) groups is 1. The topological polar surface area (TPSA) is 92.5 Å². The van der Waals surface area contributed by atoms with Crippen LogP contribution in [0.15, 0.2) is 18.2 Å². The number of carboxylic acids is 1. The first-order chi connectivity index (χ1) is 8.40. The highest BCUT2D eigenvalue weighted by Gasteiger charge is 2.16. The average molecular weight is 364 g/mol. The van der Waals surface area contributed by atoms with Crippen LogP contribution in [0, 0.1) is 13.7 Å². The van der Waals surface area contributed by atoms with E-state index in [1.807, 2.05) is 22.6 Å². The predicted octanol–water partition coefficient (Wildman–Crippen LogP) is 2.86. The Morgan fingerprint density at radius 1 is 1.61 bits per heavy atom. The Morgan fingerprint density at radius 2 is 2.28 bits per heavy atom. The molecule has 0 aliphatic rings. The zero-order valence-corrected chi connectivity index (χ0v) is 11.9. The molecule has 0 aliphatic carbocycles. The molecule has 0 heterocycles. The second kappa shape index (κ2) is 6.53. The van der Waals surface area contributed by atoms with Crippen LogP contribution < -0.4 is 5.32 Å². The molecule has 1 rings (SSSR count). The van der Waals surface area contributed by atoms with Crippen molar-refractivity contribution >= 4 is 39.9 Å². The standard InChI is InChI=1S/C11H13IN2O4/c1-7(2-5-11(15)16)13-9-4-3-8(12)6-10(9)14(17)18/h3-4,6-7,13H,2,5H2,1H3,(H,15,16). The van der Waals surface area contributed by atoms with Gasteiger partial charge in [-0.15, -0.1) is 0 Å². The van der Waals surface area contributed by atoms with Crippen molar-refractivity contribution in [2.45, 2.75) is 25.8 Å². The highest BCUT2D eigenvalue weighted by atomic mass is 127. The molecule has 0 spiro atoms. The molecule has 1 aromatic rings. The molecular weight excluding hydrogens is 351 g/mol. The fourth-order valence-electron chi connectivity index (χ4n) is 1.46. The minimum Gasteiger partial charge on any atom is -0.481 e. The van der Waals surface area contributed by atoms with Crippen molar-refractivity contribution in [3.63, 3.8) is 0 Å². The summed E-state index contributed by atoms with van der Waals surface area (Å²) in [5.41, 5.74) is 0.419. The molecule has 0 fully saturated rings. The summed E-state index contributed by atoms with van der Waals surface area (Å²) in [6, 6.07) is 4.74. The van der Waals surface area contributed by atoms with Crippen LogP contribution in [0.2, 0.25) is 0 Å². The molecule has 2 N–H and O–H groups in total. The Hall–Kier alpha value is -1.38. The van der Waals surface area contributed by atoms with Gasteiger partial charge in [0, 0.05) is 22.1 Å². The maximum Gasteiger partial charge on any atom is 0.303 e. The third-order valence-electron chi connectivity index (χ3n) is 2.35. The minimum atomic E-state index is -0.874. The second-order valence-electron chi connectivity index (χ2n) is 3.90. The lowest BCUT2D eigenvalue weighted by atomic mass is 10.1. The molecule has 0 amide bonds. The van der Waals surface area contributed by atoms with Crippen molar-refractivity contribution in [1.82, 2.24) is 0 Å². The van der Waals surface area contributed by atoms with E-state index in [1.165, 1.54) is 6.07 Å². The lowest BCUT2D eigenvalue weighted by Gasteiger charge is -2.14. The van der Waals surface area contributed by atoms with Gasteiger partial charge in [0.15, 0.2) is 0 Å². The first kappa shape index (κ1) is 14.7. The van der Waals surface area contributed by atoms with E-state index >= 15 is 0 Å². The normalized spacial score (nSPS) is 11.9. The van der Waals surface area contributed by atoms with Crippen LogP contribution in [0.4, 0.5) is 11.4 Å². The fourth-order valence-corrected chi connectivity index (χ4v) is 1.93. The van der Waals surface area contributed by atoms with E-state index in [0.717, 1.165) is 3.57 Å². The Balaban J connectivity index is 2.77. The Bertz CT molecular complexity index is 464. The van der Waals surface area contributed by atoms with Crippen molar-refractivity contribution in [3.8, 4) is 0 Å². The quantitative estimate of drug-likeness (QED) is 0.460. The largest absolute Gasteiger partial charge is 0.481 e. The van der Waals surface area contributed by atoms with Crippen LogP contribution in [-0.4, -0.2) is 22.0 Å². The first-order valence-corrected chi connectivity index (χ1v) is 6.40. The minimum absolute atomic E-state index is 0.00377. The number of nitrogens with zero attached hydrogens (tertiary/aromatic N) is 1. The molecule has 6 nitrogen and oxygen atoms in total. The Morgan fingerprint density at radius 3 is 2.83 bits per heavy atom.